The third kappa shape index (κ3) is 3.63. The molecular weight excluding hydrogens is 216 g/mol. The van der Waals surface area contributed by atoms with E-state index >= 15 is 0 Å². The summed E-state index contributed by atoms with van der Waals surface area (Å²) < 4.78 is 4.97. The Morgan fingerprint density at radius 1 is 1.67 bits per heavy atom. The van der Waals surface area contributed by atoms with Crippen molar-refractivity contribution >= 4 is 18.3 Å². The van der Waals surface area contributed by atoms with E-state index in [1.807, 2.05) is 11.8 Å². The van der Waals surface area contributed by atoms with Gasteiger partial charge in [-0.1, -0.05) is 6.92 Å². The fourth-order valence-corrected chi connectivity index (χ4v) is 1.98. The summed E-state index contributed by atoms with van der Waals surface area (Å²) in [7, 11) is 1.62. The standard InChI is InChI=1S/C10H20N2O2.ClH/c1-8(7-14-2)10(13)12-5-3-4-9(12)6-11;/h8-9H,3-7,11H2,1-2H3;1H. The summed E-state index contributed by atoms with van der Waals surface area (Å²) in [5.74, 6) is 0.131. The fraction of sp³-hybridized carbons (Fsp3) is 0.900. The number of halogens is 1. The van der Waals surface area contributed by atoms with E-state index in [4.69, 9.17) is 10.5 Å². The predicted molar refractivity (Wildman–Crippen MR) is 62.1 cm³/mol. The number of nitrogens with two attached hydrogens (primary N) is 1. The van der Waals surface area contributed by atoms with Gasteiger partial charge in [-0.2, -0.15) is 0 Å². The van der Waals surface area contributed by atoms with Gasteiger partial charge in [-0.05, 0) is 12.8 Å². The smallest absolute Gasteiger partial charge is 0.228 e. The molecule has 90 valence electrons. The summed E-state index contributed by atoms with van der Waals surface area (Å²) in [6.07, 6.45) is 2.12. The van der Waals surface area contributed by atoms with Gasteiger partial charge in [-0.3, -0.25) is 4.79 Å². The fourth-order valence-electron chi connectivity index (χ4n) is 1.98. The number of amides is 1. The number of carbonyl (C=O) groups is 1. The molecule has 1 fully saturated rings. The topological polar surface area (TPSA) is 55.6 Å². The van der Waals surface area contributed by atoms with Crippen molar-refractivity contribution < 1.29 is 9.53 Å². The lowest BCUT2D eigenvalue weighted by atomic mass is 10.1. The number of rotatable bonds is 4. The Kier molecular flexibility index (Phi) is 6.89. The third-order valence-corrected chi connectivity index (χ3v) is 2.77. The van der Waals surface area contributed by atoms with Gasteiger partial charge in [-0.25, -0.2) is 0 Å². The Balaban J connectivity index is 0.00000196. The molecule has 2 unspecified atom stereocenters. The van der Waals surface area contributed by atoms with E-state index < -0.39 is 0 Å². The highest BCUT2D eigenvalue weighted by Gasteiger charge is 2.30. The molecule has 0 aromatic rings. The highest BCUT2D eigenvalue weighted by Crippen LogP contribution is 2.18. The first-order chi connectivity index (χ1) is 6.70. The average Bonchev–Trinajstić information content (AvgIpc) is 2.64. The lowest BCUT2D eigenvalue weighted by Gasteiger charge is -2.26. The van der Waals surface area contributed by atoms with Crippen LogP contribution in [0.25, 0.3) is 0 Å². The molecular formula is C10H21ClN2O2. The summed E-state index contributed by atoms with van der Waals surface area (Å²) in [4.78, 5) is 13.8. The van der Waals surface area contributed by atoms with Crippen LogP contribution in [0.1, 0.15) is 19.8 Å². The molecule has 0 saturated carbocycles. The molecule has 2 N–H and O–H groups in total. The number of ether oxygens (including phenoxy) is 1. The molecule has 4 nitrogen and oxygen atoms in total. The van der Waals surface area contributed by atoms with E-state index in [0.29, 0.717) is 13.2 Å². The number of hydrogen-bond acceptors (Lipinski definition) is 3. The van der Waals surface area contributed by atoms with Gasteiger partial charge in [0.15, 0.2) is 0 Å². The van der Waals surface area contributed by atoms with Crippen LogP contribution in [0, 0.1) is 5.92 Å². The second kappa shape index (κ2) is 7.04. The van der Waals surface area contributed by atoms with Crippen molar-refractivity contribution in [3.05, 3.63) is 0 Å². The van der Waals surface area contributed by atoms with Crippen molar-refractivity contribution in [3.8, 4) is 0 Å². The van der Waals surface area contributed by atoms with Crippen molar-refractivity contribution in [1.29, 1.82) is 0 Å². The van der Waals surface area contributed by atoms with E-state index in [9.17, 15) is 4.79 Å². The third-order valence-electron chi connectivity index (χ3n) is 2.77. The van der Waals surface area contributed by atoms with Crippen LogP contribution in [0.3, 0.4) is 0 Å². The molecule has 0 bridgehead atoms. The van der Waals surface area contributed by atoms with Crippen LogP contribution < -0.4 is 5.73 Å². The van der Waals surface area contributed by atoms with Crippen molar-refractivity contribution in [3.63, 3.8) is 0 Å². The highest BCUT2D eigenvalue weighted by molar-refractivity contribution is 5.85. The van der Waals surface area contributed by atoms with Crippen molar-refractivity contribution in [2.24, 2.45) is 11.7 Å². The Labute approximate surface area is 97.5 Å². The summed E-state index contributed by atoms with van der Waals surface area (Å²) in [6, 6.07) is 0.252. The van der Waals surface area contributed by atoms with Gasteiger partial charge in [0, 0.05) is 26.2 Å². The molecule has 0 aromatic heterocycles. The van der Waals surface area contributed by atoms with E-state index in [1.165, 1.54) is 0 Å². The van der Waals surface area contributed by atoms with Crippen LogP contribution in [0.2, 0.25) is 0 Å². The summed E-state index contributed by atoms with van der Waals surface area (Å²) in [5, 5.41) is 0. The maximum Gasteiger partial charge on any atom is 0.228 e. The van der Waals surface area contributed by atoms with Crippen LogP contribution >= 0.6 is 12.4 Å². The number of carbonyl (C=O) groups excluding carboxylic acids is 1. The van der Waals surface area contributed by atoms with Crippen LogP contribution in [0.15, 0.2) is 0 Å². The van der Waals surface area contributed by atoms with Gasteiger partial charge < -0.3 is 15.4 Å². The molecule has 15 heavy (non-hydrogen) atoms. The SMILES string of the molecule is COCC(C)C(=O)N1CCCC1CN.Cl. The largest absolute Gasteiger partial charge is 0.384 e. The normalized spacial score (nSPS) is 22.3. The van der Waals surface area contributed by atoms with Gasteiger partial charge >= 0.3 is 0 Å². The van der Waals surface area contributed by atoms with Crippen LogP contribution in [-0.2, 0) is 9.53 Å². The molecule has 1 aliphatic rings. The molecule has 1 amide bonds. The molecule has 0 spiro atoms. The Hall–Kier alpha value is -0.320. The van der Waals surface area contributed by atoms with E-state index in [0.717, 1.165) is 19.4 Å². The molecule has 1 rings (SSSR count). The van der Waals surface area contributed by atoms with E-state index in [-0.39, 0.29) is 30.3 Å². The number of methoxy groups -OCH3 is 1. The Bertz CT molecular complexity index is 202. The second-order valence-electron chi connectivity index (χ2n) is 3.92. The summed E-state index contributed by atoms with van der Waals surface area (Å²) in [5.41, 5.74) is 5.61. The quantitative estimate of drug-likeness (QED) is 0.780. The Morgan fingerprint density at radius 2 is 2.33 bits per heavy atom. The second-order valence-corrected chi connectivity index (χ2v) is 3.92. The van der Waals surface area contributed by atoms with Gasteiger partial charge in [0.05, 0.1) is 12.5 Å². The van der Waals surface area contributed by atoms with E-state index in [2.05, 4.69) is 0 Å². The lowest BCUT2D eigenvalue weighted by molar-refractivity contribution is -0.137. The molecule has 2 atom stereocenters. The van der Waals surface area contributed by atoms with Crippen molar-refractivity contribution in [2.75, 3.05) is 26.8 Å². The lowest BCUT2D eigenvalue weighted by Crippen LogP contribution is -2.43. The molecule has 0 radical (unpaired) electrons. The van der Waals surface area contributed by atoms with Crippen LogP contribution in [0.4, 0.5) is 0 Å². The molecule has 1 saturated heterocycles. The maximum absolute atomic E-state index is 11.9. The minimum Gasteiger partial charge on any atom is -0.384 e. The van der Waals surface area contributed by atoms with Crippen molar-refractivity contribution in [1.82, 2.24) is 4.90 Å². The van der Waals surface area contributed by atoms with Crippen LogP contribution in [-0.4, -0.2) is 43.7 Å². The van der Waals surface area contributed by atoms with Gasteiger partial charge in [0.25, 0.3) is 0 Å². The summed E-state index contributed by atoms with van der Waals surface area (Å²) >= 11 is 0. The van der Waals surface area contributed by atoms with E-state index in [1.54, 1.807) is 7.11 Å². The minimum absolute atomic E-state index is 0. The van der Waals surface area contributed by atoms with Gasteiger partial charge in [0.2, 0.25) is 5.91 Å². The van der Waals surface area contributed by atoms with Crippen LogP contribution in [0.5, 0.6) is 0 Å². The molecule has 1 aliphatic heterocycles. The minimum atomic E-state index is -0.0489. The molecule has 5 heteroatoms. The molecule has 1 heterocycles. The average molecular weight is 237 g/mol. The highest BCUT2D eigenvalue weighted by atomic mass is 35.5. The van der Waals surface area contributed by atoms with Crippen molar-refractivity contribution in [2.45, 2.75) is 25.8 Å². The zero-order valence-corrected chi connectivity index (χ0v) is 10.3. The molecule has 0 aromatic carbocycles. The Morgan fingerprint density at radius 3 is 2.87 bits per heavy atom. The zero-order chi connectivity index (χ0) is 10.6. The number of hydrogen-bond donors (Lipinski definition) is 1. The van der Waals surface area contributed by atoms with Gasteiger partial charge in [-0.15, -0.1) is 12.4 Å². The monoisotopic (exact) mass is 236 g/mol. The maximum atomic E-state index is 11.9. The number of likely N-dealkylation sites (tertiary alicyclic amines) is 1. The molecule has 0 aliphatic carbocycles. The first-order valence-corrected chi connectivity index (χ1v) is 5.20. The zero-order valence-electron chi connectivity index (χ0n) is 9.44. The first-order valence-electron chi connectivity index (χ1n) is 5.20. The predicted octanol–water partition coefficient (Wildman–Crippen LogP) is 0.640. The van der Waals surface area contributed by atoms with Gasteiger partial charge in [0.1, 0.15) is 0 Å². The summed E-state index contributed by atoms with van der Waals surface area (Å²) in [6.45, 7) is 3.82. The first kappa shape index (κ1) is 14.7. The number of nitrogens with zero attached hydrogens (tertiary/aromatic N) is 1.